The summed E-state index contributed by atoms with van der Waals surface area (Å²) in [5.41, 5.74) is 0.765. The molecular formula is C16H14BrNO4S. The first-order valence-corrected chi connectivity index (χ1v) is 9.16. The van der Waals surface area contributed by atoms with Crippen molar-refractivity contribution < 1.29 is 17.9 Å². The van der Waals surface area contributed by atoms with Crippen molar-refractivity contribution in [3.63, 3.8) is 0 Å². The summed E-state index contributed by atoms with van der Waals surface area (Å²) < 4.78 is 33.1. The lowest BCUT2D eigenvalue weighted by atomic mass is 10.0. The summed E-state index contributed by atoms with van der Waals surface area (Å²) in [4.78, 5) is 12.3. The van der Waals surface area contributed by atoms with E-state index in [0.29, 0.717) is 17.0 Å². The minimum absolute atomic E-state index is 0.0649. The predicted molar refractivity (Wildman–Crippen MR) is 90.6 cm³/mol. The number of ether oxygens (including phenoxy) is 1. The normalized spacial score (nSPS) is 14.5. The van der Waals surface area contributed by atoms with E-state index in [4.69, 9.17) is 4.74 Å². The molecule has 2 aromatic rings. The zero-order valence-electron chi connectivity index (χ0n) is 12.3. The van der Waals surface area contributed by atoms with Crippen LogP contribution in [0.15, 0.2) is 51.8 Å². The van der Waals surface area contributed by atoms with Crippen molar-refractivity contribution in [1.82, 2.24) is 0 Å². The molecule has 0 bridgehead atoms. The van der Waals surface area contributed by atoms with Gasteiger partial charge in [0.15, 0.2) is 5.78 Å². The number of fused-ring (bicyclic) bond motifs is 1. The van der Waals surface area contributed by atoms with Gasteiger partial charge in [-0.2, -0.15) is 0 Å². The lowest BCUT2D eigenvalue weighted by Gasteiger charge is -2.30. The highest BCUT2D eigenvalue weighted by Crippen LogP contribution is 2.34. The van der Waals surface area contributed by atoms with Crippen LogP contribution in [-0.4, -0.2) is 27.9 Å². The molecule has 120 valence electrons. The number of anilines is 1. The summed E-state index contributed by atoms with van der Waals surface area (Å²) in [6.07, 6.45) is 0.162. The first-order chi connectivity index (χ1) is 10.9. The molecular weight excluding hydrogens is 382 g/mol. The van der Waals surface area contributed by atoms with Crippen LogP contribution in [0.25, 0.3) is 0 Å². The number of carbonyl (C=O) groups excluding carboxylic acids is 1. The molecule has 5 nitrogen and oxygen atoms in total. The van der Waals surface area contributed by atoms with Gasteiger partial charge in [0.25, 0.3) is 10.0 Å². The number of hydrogen-bond donors (Lipinski definition) is 0. The molecule has 0 aliphatic carbocycles. The number of nitrogens with zero attached hydrogens (tertiary/aromatic N) is 1. The van der Waals surface area contributed by atoms with Gasteiger partial charge in [0, 0.05) is 29.1 Å². The molecule has 0 unspecified atom stereocenters. The quantitative estimate of drug-likeness (QED) is 0.799. The monoisotopic (exact) mass is 395 g/mol. The molecule has 0 saturated carbocycles. The Morgan fingerprint density at radius 3 is 2.48 bits per heavy atom. The second-order valence-electron chi connectivity index (χ2n) is 5.09. The van der Waals surface area contributed by atoms with E-state index >= 15 is 0 Å². The standard InChI is InChI=1S/C16H14BrNO4S/c1-22-12-4-7-14-15(10-12)18(9-8-16(14)19)23(20,21)13-5-2-11(17)3-6-13/h2-7,10H,8-9H2,1H3. The molecule has 0 spiro atoms. The first-order valence-electron chi connectivity index (χ1n) is 6.93. The van der Waals surface area contributed by atoms with E-state index in [0.717, 1.165) is 4.47 Å². The maximum Gasteiger partial charge on any atom is 0.264 e. The fraction of sp³-hybridized carbons (Fsp3) is 0.188. The van der Waals surface area contributed by atoms with Gasteiger partial charge in [-0.05, 0) is 36.4 Å². The van der Waals surface area contributed by atoms with Crippen LogP contribution in [0.4, 0.5) is 5.69 Å². The average molecular weight is 396 g/mol. The number of halogens is 1. The Balaban J connectivity index is 2.12. The highest BCUT2D eigenvalue weighted by molar-refractivity contribution is 9.10. The third-order valence-electron chi connectivity index (χ3n) is 3.72. The van der Waals surface area contributed by atoms with Crippen molar-refractivity contribution in [2.75, 3.05) is 18.0 Å². The fourth-order valence-electron chi connectivity index (χ4n) is 2.52. The molecule has 1 aliphatic rings. The number of methoxy groups -OCH3 is 1. The molecule has 0 amide bonds. The molecule has 0 radical (unpaired) electrons. The Hall–Kier alpha value is -1.86. The third kappa shape index (κ3) is 2.86. The minimum atomic E-state index is -3.74. The molecule has 2 aromatic carbocycles. The van der Waals surface area contributed by atoms with Crippen molar-refractivity contribution in [1.29, 1.82) is 0 Å². The second-order valence-corrected chi connectivity index (χ2v) is 7.87. The van der Waals surface area contributed by atoms with Crippen LogP contribution >= 0.6 is 15.9 Å². The van der Waals surface area contributed by atoms with Crippen LogP contribution in [0.2, 0.25) is 0 Å². The lowest BCUT2D eigenvalue weighted by molar-refractivity contribution is 0.0982. The van der Waals surface area contributed by atoms with Gasteiger partial charge in [-0.15, -0.1) is 0 Å². The number of carbonyl (C=O) groups is 1. The largest absolute Gasteiger partial charge is 0.497 e. The summed E-state index contributed by atoms with van der Waals surface area (Å²) >= 11 is 3.29. The number of hydrogen-bond acceptors (Lipinski definition) is 4. The summed E-state index contributed by atoms with van der Waals surface area (Å²) in [7, 11) is -2.24. The number of rotatable bonds is 3. The van der Waals surface area contributed by atoms with Crippen molar-refractivity contribution in [3.8, 4) is 5.75 Å². The van der Waals surface area contributed by atoms with Crippen molar-refractivity contribution in [2.45, 2.75) is 11.3 Å². The number of benzene rings is 2. The molecule has 0 N–H and O–H groups in total. The summed E-state index contributed by atoms with van der Waals surface area (Å²) in [5.74, 6) is 0.444. The first kappa shape index (κ1) is 16.0. The topological polar surface area (TPSA) is 63.7 Å². The van der Waals surface area contributed by atoms with Gasteiger partial charge in [-0.3, -0.25) is 9.10 Å². The molecule has 0 fully saturated rings. The number of ketones is 1. The van der Waals surface area contributed by atoms with Crippen LogP contribution < -0.4 is 9.04 Å². The predicted octanol–water partition coefficient (Wildman–Crippen LogP) is 3.24. The Morgan fingerprint density at radius 2 is 1.83 bits per heavy atom. The smallest absolute Gasteiger partial charge is 0.264 e. The lowest BCUT2D eigenvalue weighted by Crippen LogP contribution is -2.37. The van der Waals surface area contributed by atoms with Gasteiger partial charge in [0.1, 0.15) is 5.75 Å². The molecule has 3 rings (SSSR count). The van der Waals surface area contributed by atoms with Crippen LogP contribution in [0.1, 0.15) is 16.8 Å². The summed E-state index contributed by atoms with van der Waals surface area (Å²) in [5, 5.41) is 0. The Labute approximate surface area is 143 Å². The Morgan fingerprint density at radius 1 is 1.13 bits per heavy atom. The van der Waals surface area contributed by atoms with E-state index in [1.807, 2.05) is 0 Å². The van der Waals surface area contributed by atoms with Crippen LogP contribution in [0.3, 0.4) is 0 Å². The fourth-order valence-corrected chi connectivity index (χ4v) is 4.26. The van der Waals surface area contributed by atoms with Gasteiger partial charge in [0.2, 0.25) is 0 Å². The molecule has 7 heteroatoms. The zero-order valence-corrected chi connectivity index (χ0v) is 14.7. The average Bonchev–Trinajstić information content (AvgIpc) is 2.55. The van der Waals surface area contributed by atoms with E-state index in [1.54, 1.807) is 30.3 Å². The van der Waals surface area contributed by atoms with Crippen molar-refractivity contribution in [2.24, 2.45) is 0 Å². The molecule has 0 atom stereocenters. The Kier molecular flexibility index (Phi) is 4.16. The van der Waals surface area contributed by atoms with Crippen molar-refractivity contribution >= 4 is 37.4 Å². The van der Waals surface area contributed by atoms with Crippen LogP contribution in [0, 0.1) is 0 Å². The SMILES string of the molecule is COc1ccc2c(c1)N(S(=O)(=O)c1ccc(Br)cc1)CCC2=O. The number of sulfonamides is 1. The summed E-state index contributed by atoms with van der Waals surface area (Å²) in [6, 6.07) is 11.3. The maximum atomic E-state index is 12.9. The van der Waals surface area contributed by atoms with E-state index < -0.39 is 10.0 Å². The van der Waals surface area contributed by atoms with Gasteiger partial charge in [-0.25, -0.2) is 8.42 Å². The molecule has 0 aromatic heterocycles. The van der Waals surface area contributed by atoms with Crippen LogP contribution in [-0.2, 0) is 10.0 Å². The van der Waals surface area contributed by atoms with Gasteiger partial charge in [-0.1, -0.05) is 15.9 Å². The maximum absolute atomic E-state index is 12.9. The van der Waals surface area contributed by atoms with E-state index in [2.05, 4.69) is 15.9 Å². The second kappa shape index (κ2) is 5.98. The Bertz CT molecular complexity index is 862. The van der Waals surface area contributed by atoms with Gasteiger partial charge < -0.3 is 4.74 Å². The minimum Gasteiger partial charge on any atom is -0.497 e. The summed E-state index contributed by atoms with van der Waals surface area (Å²) in [6.45, 7) is 0.122. The molecule has 1 aliphatic heterocycles. The van der Waals surface area contributed by atoms with Gasteiger partial charge in [0.05, 0.1) is 17.7 Å². The van der Waals surface area contributed by atoms with Gasteiger partial charge >= 0.3 is 0 Å². The van der Waals surface area contributed by atoms with E-state index in [1.165, 1.54) is 23.5 Å². The van der Waals surface area contributed by atoms with Crippen LogP contribution in [0.5, 0.6) is 5.75 Å². The molecule has 23 heavy (non-hydrogen) atoms. The van der Waals surface area contributed by atoms with E-state index in [-0.39, 0.29) is 23.6 Å². The highest BCUT2D eigenvalue weighted by atomic mass is 79.9. The molecule has 0 saturated heterocycles. The third-order valence-corrected chi connectivity index (χ3v) is 6.07. The molecule has 1 heterocycles. The zero-order chi connectivity index (χ0) is 16.6. The van der Waals surface area contributed by atoms with Crippen molar-refractivity contribution in [3.05, 3.63) is 52.5 Å². The highest BCUT2D eigenvalue weighted by Gasteiger charge is 2.32. The number of Topliss-reactive ketones (excluding diaryl/α,β-unsaturated/α-hetero) is 1. The van der Waals surface area contributed by atoms with E-state index in [9.17, 15) is 13.2 Å².